The minimum atomic E-state index is -0.488. The van der Waals surface area contributed by atoms with Gasteiger partial charge < -0.3 is 18.9 Å². The summed E-state index contributed by atoms with van der Waals surface area (Å²) < 4.78 is 17.0. The van der Waals surface area contributed by atoms with Crippen molar-refractivity contribution in [1.82, 2.24) is 10.1 Å². The molecule has 1 aromatic heterocycles. The number of aromatic nitrogens is 1. The quantitative estimate of drug-likeness (QED) is 0.853. The maximum absolute atomic E-state index is 12.6. The number of carbonyl (C=O) groups is 1. The van der Waals surface area contributed by atoms with Gasteiger partial charge in [0.15, 0.2) is 5.79 Å². The summed E-state index contributed by atoms with van der Waals surface area (Å²) in [6.45, 7) is 8.13. The fraction of sp³-hybridized carbons (Fsp3) is 0.765. The van der Waals surface area contributed by atoms with Crippen LogP contribution in [0.1, 0.15) is 68.6 Å². The SMILES string of the molecule is CCC(CC)c1cc(C(=O)N2CCC3(CC2)OCC(C)O3)on1. The first kappa shape index (κ1) is 16.5. The van der Waals surface area contributed by atoms with Crippen LogP contribution in [-0.4, -0.2) is 47.6 Å². The van der Waals surface area contributed by atoms with Crippen LogP contribution in [0.2, 0.25) is 0 Å². The van der Waals surface area contributed by atoms with E-state index in [0.717, 1.165) is 18.5 Å². The highest BCUT2D eigenvalue weighted by molar-refractivity contribution is 5.91. The molecule has 0 aromatic carbocycles. The number of piperidine rings is 1. The highest BCUT2D eigenvalue weighted by atomic mass is 16.7. The molecule has 1 atom stereocenters. The summed E-state index contributed by atoms with van der Waals surface area (Å²) in [5.74, 6) is 0.116. The molecule has 0 saturated carbocycles. The summed E-state index contributed by atoms with van der Waals surface area (Å²) in [5, 5.41) is 4.08. The summed E-state index contributed by atoms with van der Waals surface area (Å²) in [7, 11) is 0. The maximum Gasteiger partial charge on any atom is 0.292 e. The minimum Gasteiger partial charge on any atom is -0.351 e. The average molecular weight is 322 g/mol. The van der Waals surface area contributed by atoms with Crippen molar-refractivity contribution in [3.05, 3.63) is 17.5 Å². The van der Waals surface area contributed by atoms with Crippen LogP contribution in [0.3, 0.4) is 0 Å². The van der Waals surface area contributed by atoms with Gasteiger partial charge >= 0.3 is 0 Å². The van der Waals surface area contributed by atoms with Gasteiger partial charge in [0.1, 0.15) is 0 Å². The van der Waals surface area contributed by atoms with Crippen molar-refractivity contribution >= 4 is 5.91 Å². The summed E-state index contributed by atoms with van der Waals surface area (Å²) in [4.78, 5) is 14.4. The first-order chi connectivity index (χ1) is 11.1. The van der Waals surface area contributed by atoms with Gasteiger partial charge in [-0.25, -0.2) is 0 Å². The van der Waals surface area contributed by atoms with E-state index in [1.54, 1.807) is 11.0 Å². The smallest absolute Gasteiger partial charge is 0.292 e. The van der Waals surface area contributed by atoms with Gasteiger partial charge in [-0.15, -0.1) is 0 Å². The molecule has 0 aliphatic carbocycles. The van der Waals surface area contributed by atoms with E-state index in [-0.39, 0.29) is 12.0 Å². The highest BCUT2D eigenvalue weighted by Gasteiger charge is 2.43. The second kappa shape index (κ2) is 6.61. The number of carbonyl (C=O) groups excluding carboxylic acids is 1. The first-order valence-electron chi connectivity index (χ1n) is 8.64. The van der Waals surface area contributed by atoms with Gasteiger partial charge in [0.05, 0.1) is 18.4 Å². The molecule has 2 fully saturated rings. The molecule has 1 unspecified atom stereocenters. The predicted molar refractivity (Wildman–Crippen MR) is 84.2 cm³/mol. The Morgan fingerprint density at radius 1 is 1.39 bits per heavy atom. The van der Waals surface area contributed by atoms with Crippen molar-refractivity contribution in [2.24, 2.45) is 0 Å². The Balaban J connectivity index is 1.61. The zero-order valence-corrected chi connectivity index (χ0v) is 14.2. The van der Waals surface area contributed by atoms with E-state index in [2.05, 4.69) is 19.0 Å². The monoisotopic (exact) mass is 322 g/mol. The van der Waals surface area contributed by atoms with Crippen LogP contribution in [0.4, 0.5) is 0 Å². The highest BCUT2D eigenvalue weighted by Crippen LogP contribution is 2.34. The number of rotatable bonds is 4. The van der Waals surface area contributed by atoms with E-state index in [9.17, 15) is 4.79 Å². The third-order valence-corrected chi connectivity index (χ3v) is 4.95. The van der Waals surface area contributed by atoms with E-state index < -0.39 is 5.79 Å². The maximum atomic E-state index is 12.6. The Morgan fingerprint density at radius 3 is 2.65 bits per heavy atom. The van der Waals surface area contributed by atoms with E-state index in [1.165, 1.54) is 0 Å². The lowest BCUT2D eigenvalue weighted by atomic mass is 9.99. The molecule has 0 bridgehead atoms. The number of likely N-dealkylation sites (tertiary alicyclic amines) is 1. The molecule has 3 heterocycles. The normalized spacial score (nSPS) is 23.8. The van der Waals surface area contributed by atoms with Crippen LogP contribution in [0.5, 0.6) is 0 Å². The topological polar surface area (TPSA) is 64.8 Å². The molecule has 6 nitrogen and oxygen atoms in total. The zero-order valence-electron chi connectivity index (χ0n) is 14.2. The zero-order chi connectivity index (χ0) is 16.4. The van der Waals surface area contributed by atoms with Gasteiger partial charge in [-0.3, -0.25) is 4.79 Å². The van der Waals surface area contributed by atoms with Crippen molar-refractivity contribution in [3.8, 4) is 0 Å². The lowest BCUT2D eigenvalue weighted by molar-refractivity contribution is -0.190. The Kier molecular flexibility index (Phi) is 4.73. The van der Waals surface area contributed by atoms with Crippen LogP contribution in [-0.2, 0) is 9.47 Å². The van der Waals surface area contributed by atoms with Crippen molar-refractivity contribution in [2.45, 2.75) is 64.3 Å². The van der Waals surface area contributed by atoms with E-state index in [0.29, 0.717) is 44.2 Å². The summed E-state index contributed by atoms with van der Waals surface area (Å²) >= 11 is 0. The fourth-order valence-electron chi connectivity index (χ4n) is 3.46. The van der Waals surface area contributed by atoms with Crippen molar-refractivity contribution in [1.29, 1.82) is 0 Å². The molecule has 2 saturated heterocycles. The molecule has 128 valence electrons. The molecular formula is C17H26N2O4. The summed E-state index contributed by atoms with van der Waals surface area (Å²) in [6, 6.07) is 1.80. The van der Waals surface area contributed by atoms with E-state index >= 15 is 0 Å². The van der Waals surface area contributed by atoms with Crippen LogP contribution in [0.25, 0.3) is 0 Å². The van der Waals surface area contributed by atoms with Crippen LogP contribution < -0.4 is 0 Å². The van der Waals surface area contributed by atoms with E-state index in [4.69, 9.17) is 14.0 Å². The molecule has 6 heteroatoms. The standard InChI is InChI=1S/C17H26N2O4/c1-4-13(5-2)14-10-15(23-18-14)16(20)19-8-6-17(7-9-19)21-11-12(3)22-17/h10,12-13H,4-9,11H2,1-3H3. The van der Waals surface area contributed by atoms with Crippen molar-refractivity contribution < 1.29 is 18.8 Å². The number of amides is 1. The lowest BCUT2D eigenvalue weighted by Gasteiger charge is -2.37. The molecule has 1 aromatic rings. The minimum absolute atomic E-state index is 0.0874. The lowest BCUT2D eigenvalue weighted by Crippen LogP contribution is -2.47. The molecule has 3 rings (SSSR count). The molecule has 23 heavy (non-hydrogen) atoms. The number of hydrogen-bond donors (Lipinski definition) is 0. The third kappa shape index (κ3) is 3.28. The fourth-order valence-corrected chi connectivity index (χ4v) is 3.46. The molecule has 1 spiro atoms. The molecular weight excluding hydrogens is 296 g/mol. The Labute approximate surface area is 137 Å². The van der Waals surface area contributed by atoms with Gasteiger partial charge in [0.25, 0.3) is 5.91 Å². The van der Waals surface area contributed by atoms with Crippen LogP contribution in [0.15, 0.2) is 10.6 Å². The first-order valence-corrected chi connectivity index (χ1v) is 8.64. The predicted octanol–water partition coefficient (Wildman–Crippen LogP) is 2.95. The van der Waals surface area contributed by atoms with Gasteiger partial charge in [-0.1, -0.05) is 19.0 Å². The molecule has 0 radical (unpaired) electrons. The second-order valence-electron chi connectivity index (χ2n) is 6.57. The summed E-state index contributed by atoms with van der Waals surface area (Å²) in [5.41, 5.74) is 0.878. The Morgan fingerprint density at radius 2 is 2.09 bits per heavy atom. The largest absolute Gasteiger partial charge is 0.351 e. The number of hydrogen-bond acceptors (Lipinski definition) is 5. The second-order valence-corrected chi connectivity index (χ2v) is 6.57. The number of ether oxygens (including phenoxy) is 2. The molecule has 0 N–H and O–H groups in total. The molecule has 2 aliphatic rings. The van der Waals surface area contributed by atoms with E-state index in [1.807, 2.05) is 6.92 Å². The van der Waals surface area contributed by atoms with Gasteiger partial charge in [-0.05, 0) is 19.8 Å². The van der Waals surface area contributed by atoms with Crippen LogP contribution in [0, 0.1) is 0 Å². The molecule has 1 amide bonds. The van der Waals surface area contributed by atoms with Crippen molar-refractivity contribution in [2.75, 3.05) is 19.7 Å². The average Bonchev–Trinajstić information content (AvgIpc) is 3.17. The summed E-state index contributed by atoms with van der Waals surface area (Å²) in [6.07, 6.45) is 3.53. The van der Waals surface area contributed by atoms with Gasteiger partial charge in [-0.2, -0.15) is 0 Å². The third-order valence-electron chi connectivity index (χ3n) is 4.95. The van der Waals surface area contributed by atoms with Crippen LogP contribution >= 0.6 is 0 Å². The Hall–Kier alpha value is -1.40. The van der Waals surface area contributed by atoms with Gasteiger partial charge in [0, 0.05) is 37.9 Å². The number of nitrogens with zero attached hydrogens (tertiary/aromatic N) is 2. The molecule has 2 aliphatic heterocycles. The van der Waals surface area contributed by atoms with Gasteiger partial charge in [0.2, 0.25) is 5.76 Å². The van der Waals surface area contributed by atoms with Crippen molar-refractivity contribution in [3.63, 3.8) is 0 Å². The Bertz CT molecular complexity index is 545.